The zero-order valence-electron chi connectivity index (χ0n) is 12.2. The molecule has 0 heterocycles. The largest absolute Gasteiger partial charge is 0.457 e. The predicted octanol–water partition coefficient (Wildman–Crippen LogP) is 4.43. The summed E-state index contributed by atoms with van der Waals surface area (Å²) in [6.07, 6.45) is 3.39. The Labute approximate surface area is 125 Å². The van der Waals surface area contributed by atoms with E-state index < -0.39 is 0 Å². The van der Waals surface area contributed by atoms with Crippen LogP contribution in [0.15, 0.2) is 42.5 Å². The van der Waals surface area contributed by atoms with Gasteiger partial charge in [0.1, 0.15) is 17.3 Å². The summed E-state index contributed by atoms with van der Waals surface area (Å²) in [7, 11) is 0. The van der Waals surface area contributed by atoms with Crippen molar-refractivity contribution in [3.05, 3.63) is 59.4 Å². The van der Waals surface area contributed by atoms with E-state index in [0.717, 1.165) is 23.5 Å². The first kappa shape index (κ1) is 14.1. The fraction of sp³-hybridized carbons (Fsp3) is 0.333. The quantitative estimate of drug-likeness (QED) is 0.847. The van der Waals surface area contributed by atoms with E-state index in [1.165, 1.54) is 24.5 Å². The van der Waals surface area contributed by atoms with Gasteiger partial charge in [-0.25, -0.2) is 4.39 Å². The summed E-state index contributed by atoms with van der Waals surface area (Å²) >= 11 is 0. The Morgan fingerprint density at radius 2 is 2.05 bits per heavy atom. The van der Waals surface area contributed by atoms with Crippen molar-refractivity contribution in [2.45, 2.75) is 38.8 Å². The summed E-state index contributed by atoms with van der Waals surface area (Å²) in [6, 6.07) is 13.3. The minimum atomic E-state index is -0.225. The Kier molecular flexibility index (Phi) is 4.20. The molecule has 0 atom stereocenters. The van der Waals surface area contributed by atoms with Crippen LogP contribution in [-0.4, -0.2) is 6.04 Å². The SMILES string of the molecule is CCc1cccc(Oc2ccc(F)cc2CNC2CC2)c1. The lowest BCUT2D eigenvalue weighted by Crippen LogP contribution is -2.15. The van der Waals surface area contributed by atoms with E-state index in [-0.39, 0.29) is 5.82 Å². The number of ether oxygens (including phenoxy) is 1. The molecule has 1 saturated carbocycles. The molecule has 3 rings (SSSR count). The molecule has 0 radical (unpaired) electrons. The van der Waals surface area contributed by atoms with Crippen molar-refractivity contribution in [2.24, 2.45) is 0 Å². The van der Waals surface area contributed by atoms with E-state index in [1.807, 2.05) is 18.2 Å². The standard InChI is InChI=1S/C18H20FNO/c1-2-13-4-3-5-17(10-13)21-18-9-6-15(19)11-14(18)12-20-16-7-8-16/h3-6,9-11,16,20H,2,7-8,12H2,1H3. The van der Waals surface area contributed by atoms with Crippen molar-refractivity contribution in [3.8, 4) is 11.5 Å². The summed E-state index contributed by atoms with van der Waals surface area (Å²) in [4.78, 5) is 0. The van der Waals surface area contributed by atoms with Gasteiger partial charge in [0.2, 0.25) is 0 Å². The van der Waals surface area contributed by atoms with Crippen LogP contribution in [0.25, 0.3) is 0 Å². The number of rotatable bonds is 6. The fourth-order valence-electron chi connectivity index (χ4n) is 2.28. The highest BCUT2D eigenvalue weighted by Crippen LogP contribution is 2.28. The van der Waals surface area contributed by atoms with Gasteiger partial charge in [0.25, 0.3) is 0 Å². The average Bonchev–Trinajstić information content (AvgIpc) is 3.32. The van der Waals surface area contributed by atoms with Gasteiger partial charge in [0.15, 0.2) is 0 Å². The molecule has 0 unspecified atom stereocenters. The van der Waals surface area contributed by atoms with Crippen LogP contribution in [-0.2, 0) is 13.0 Å². The molecule has 0 amide bonds. The van der Waals surface area contributed by atoms with Crippen LogP contribution >= 0.6 is 0 Å². The highest BCUT2D eigenvalue weighted by Gasteiger charge is 2.20. The molecule has 1 aliphatic carbocycles. The molecule has 0 aromatic heterocycles. The molecule has 1 aliphatic rings. The molecule has 0 aliphatic heterocycles. The van der Waals surface area contributed by atoms with Gasteiger partial charge in [-0.1, -0.05) is 19.1 Å². The monoisotopic (exact) mass is 285 g/mol. The second kappa shape index (κ2) is 6.27. The first-order valence-corrected chi connectivity index (χ1v) is 7.53. The van der Waals surface area contributed by atoms with Crippen molar-refractivity contribution in [2.75, 3.05) is 0 Å². The van der Waals surface area contributed by atoms with Gasteiger partial charge in [0.05, 0.1) is 0 Å². The molecular weight excluding hydrogens is 265 g/mol. The van der Waals surface area contributed by atoms with Gasteiger partial charge in [-0.15, -0.1) is 0 Å². The van der Waals surface area contributed by atoms with Crippen molar-refractivity contribution in [1.82, 2.24) is 5.32 Å². The van der Waals surface area contributed by atoms with Crippen molar-refractivity contribution in [1.29, 1.82) is 0 Å². The highest BCUT2D eigenvalue weighted by atomic mass is 19.1. The molecule has 110 valence electrons. The topological polar surface area (TPSA) is 21.3 Å². The second-order valence-electron chi connectivity index (χ2n) is 5.51. The maximum Gasteiger partial charge on any atom is 0.132 e. The van der Waals surface area contributed by atoms with Crippen LogP contribution in [0.4, 0.5) is 4.39 Å². The number of hydrogen-bond donors (Lipinski definition) is 1. The lowest BCUT2D eigenvalue weighted by molar-refractivity contribution is 0.469. The Morgan fingerprint density at radius 3 is 2.81 bits per heavy atom. The Morgan fingerprint density at radius 1 is 1.19 bits per heavy atom. The molecule has 0 bridgehead atoms. The van der Waals surface area contributed by atoms with E-state index in [1.54, 1.807) is 12.1 Å². The van der Waals surface area contributed by atoms with Crippen molar-refractivity contribution >= 4 is 0 Å². The van der Waals surface area contributed by atoms with E-state index in [0.29, 0.717) is 12.6 Å². The normalized spacial score (nSPS) is 14.2. The Balaban J connectivity index is 1.79. The summed E-state index contributed by atoms with van der Waals surface area (Å²) in [5.41, 5.74) is 2.09. The molecule has 2 aromatic carbocycles. The summed E-state index contributed by atoms with van der Waals surface area (Å²) in [5.74, 6) is 1.30. The molecule has 2 nitrogen and oxygen atoms in total. The van der Waals surface area contributed by atoms with Crippen molar-refractivity contribution < 1.29 is 9.13 Å². The Bertz CT molecular complexity index is 622. The van der Waals surface area contributed by atoms with Gasteiger partial charge in [0, 0.05) is 18.2 Å². The number of halogens is 1. The molecule has 0 saturated heterocycles. The molecule has 2 aromatic rings. The van der Waals surface area contributed by atoms with Crippen LogP contribution in [0.1, 0.15) is 30.9 Å². The minimum Gasteiger partial charge on any atom is -0.457 e. The Hall–Kier alpha value is -1.87. The smallest absolute Gasteiger partial charge is 0.132 e. The highest BCUT2D eigenvalue weighted by molar-refractivity contribution is 5.39. The molecule has 0 spiro atoms. The van der Waals surface area contributed by atoms with E-state index in [9.17, 15) is 4.39 Å². The summed E-state index contributed by atoms with van der Waals surface area (Å²) in [6.45, 7) is 2.76. The molecule has 3 heteroatoms. The average molecular weight is 285 g/mol. The zero-order valence-corrected chi connectivity index (χ0v) is 12.2. The number of aryl methyl sites for hydroxylation is 1. The second-order valence-corrected chi connectivity index (χ2v) is 5.51. The van der Waals surface area contributed by atoms with E-state index in [2.05, 4.69) is 18.3 Å². The van der Waals surface area contributed by atoms with Gasteiger partial charge in [-0.2, -0.15) is 0 Å². The summed E-state index contributed by atoms with van der Waals surface area (Å²) < 4.78 is 19.4. The van der Waals surface area contributed by atoms with Crippen LogP contribution in [0.3, 0.4) is 0 Å². The lowest BCUT2D eigenvalue weighted by Gasteiger charge is -2.12. The lowest BCUT2D eigenvalue weighted by atomic mass is 10.1. The van der Waals surface area contributed by atoms with Gasteiger partial charge in [-0.3, -0.25) is 0 Å². The third kappa shape index (κ3) is 3.82. The molecule has 21 heavy (non-hydrogen) atoms. The number of hydrogen-bond acceptors (Lipinski definition) is 2. The van der Waals surface area contributed by atoms with Crippen LogP contribution in [0, 0.1) is 5.82 Å². The van der Waals surface area contributed by atoms with E-state index in [4.69, 9.17) is 4.74 Å². The fourth-order valence-corrected chi connectivity index (χ4v) is 2.28. The number of benzene rings is 2. The molecule has 1 fully saturated rings. The minimum absolute atomic E-state index is 0.225. The van der Waals surface area contributed by atoms with Crippen LogP contribution in [0.2, 0.25) is 0 Å². The third-order valence-corrected chi connectivity index (χ3v) is 3.72. The predicted molar refractivity (Wildman–Crippen MR) is 82.2 cm³/mol. The molecule has 1 N–H and O–H groups in total. The van der Waals surface area contributed by atoms with Crippen LogP contribution < -0.4 is 10.1 Å². The summed E-state index contributed by atoms with van der Waals surface area (Å²) in [5, 5.41) is 3.40. The van der Waals surface area contributed by atoms with Gasteiger partial charge < -0.3 is 10.1 Å². The van der Waals surface area contributed by atoms with Crippen LogP contribution in [0.5, 0.6) is 11.5 Å². The maximum atomic E-state index is 13.5. The van der Waals surface area contributed by atoms with Gasteiger partial charge in [-0.05, 0) is 55.2 Å². The molecular formula is C18H20FNO. The van der Waals surface area contributed by atoms with Gasteiger partial charge >= 0.3 is 0 Å². The first-order chi connectivity index (χ1) is 10.2. The first-order valence-electron chi connectivity index (χ1n) is 7.53. The van der Waals surface area contributed by atoms with E-state index >= 15 is 0 Å². The van der Waals surface area contributed by atoms with Crippen molar-refractivity contribution in [3.63, 3.8) is 0 Å². The number of nitrogens with one attached hydrogen (secondary N) is 1. The third-order valence-electron chi connectivity index (χ3n) is 3.72. The zero-order chi connectivity index (χ0) is 14.7. The maximum absolute atomic E-state index is 13.5.